The molecule has 1 saturated heterocycles. The molecule has 1 fully saturated rings. The zero-order chi connectivity index (χ0) is 15.9. The van der Waals surface area contributed by atoms with Gasteiger partial charge in [0.25, 0.3) is 0 Å². The molecule has 7 heteroatoms. The number of aromatic nitrogens is 2. The summed E-state index contributed by atoms with van der Waals surface area (Å²) in [6.07, 6.45) is 6.46. The Morgan fingerprint density at radius 2 is 2.41 bits per heavy atom. The van der Waals surface area contributed by atoms with E-state index in [-0.39, 0.29) is 5.91 Å². The summed E-state index contributed by atoms with van der Waals surface area (Å²) in [5, 5.41) is 7.64. The number of hydrogen-bond donors (Lipinski definition) is 2. The van der Waals surface area contributed by atoms with E-state index in [2.05, 4.69) is 20.3 Å². The summed E-state index contributed by atoms with van der Waals surface area (Å²) in [6.45, 7) is 5.40. The maximum atomic E-state index is 11.1. The number of likely N-dealkylation sites (tertiary alicyclic amines) is 1. The van der Waals surface area contributed by atoms with Crippen molar-refractivity contribution in [2.75, 3.05) is 26.7 Å². The summed E-state index contributed by atoms with van der Waals surface area (Å²) in [5.74, 6) is 1.00. The third-order valence-corrected chi connectivity index (χ3v) is 3.91. The smallest absolute Gasteiger partial charge is 0.217 e. The van der Waals surface area contributed by atoms with Crippen LogP contribution in [0.2, 0.25) is 0 Å². The fourth-order valence-corrected chi connectivity index (χ4v) is 2.91. The van der Waals surface area contributed by atoms with Crippen molar-refractivity contribution in [2.24, 2.45) is 16.6 Å². The predicted molar refractivity (Wildman–Crippen MR) is 86.4 cm³/mol. The van der Waals surface area contributed by atoms with E-state index in [0.717, 1.165) is 50.5 Å². The van der Waals surface area contributed by atoms with Crippen LogP contribution in [0.5, 0.6) is 0 Å². The lowest BCUT2D eigenvalue weighted by molar-refractivity contribution is -0.119. The van der Waals surface area contributed by atoms with E-state index in [1.807, 2.05) is 24.0 Å². The monoisotopic (exact) mass is 306 g/mol. The van der Waals surface area contributed by atoms with Gasteiger partial charge in [0.15, 0.2) is 5.96 Å². The number of primary amides is 1. The summed E-state index contributed by atoms with van der Waals surface area (Å²) >= 11 is 0. The Kier molecular flexibility index (Phi) is 5.80. The van der Waals surface area contributed by atoms with Crippen molar-refractivity contribution in [1.29, 1.82) is 0 Å². The molecule has 0 radical (unpaired) electrons. The molecular formula is C15H26N6O. The van der Waals surface area contributed by atoms with E-state index in [4.69, 9.17) is 5.73 Å². The Morgan fingerprint density at radius 3 is 3.05 bits per heavy atom. The number of nitrogens with one attached hydrogen (secondary N) is 1. The number of hydrogen-bond acceptors (Lipinski definition) is 3. The van der Waals surface area contributed by atoms with Crippen molar-refractivity contribution >= 4 is 11.9 Å². The second kappa shape index (κ2) is 7.82. The van der Waals surface area contributed by atoms with E-state index >= 15 is 0 Å². The first-order valence-electron chi connectivity index (χ1n) is 7.81. The summed E-state index contributed by atoms with van der Waals surface area (Å²) in [4.78, 5) is 17.7. The van der Waals surface area contributed by atoms with Crippen LogP contribution in [0.25, 0.3) is 0 Å². The van der Waals surface area contributed by atoms with E-state index in [1.165, 1.54) is 0 Å². The second-order valence-corrected chi connectivity index (χ2v) is 5.88. The van der Waals surface area contributed by atoms with Crippen molar-refractivity contribution in [3.8, 4) is 0 Å². The van der Waals surface area contributed by atoms with Gasteiger partial charge in [0.2, 0.25) is 5.91 Å². The number of aryl methyl sites for hydroxylation is 1. The van der Waals surface area contributed by atoms with Gasteiger partial charge in [-0.15, -0.1) is 0 Å². The van der Waals surface area contributed by atoms with Crippen LogP contribution in [0.4, 0.5) is 0 Å². The van der Waals surface area contributed by atoms with Gasteiger partial charge in [-0.1, -0.05) is 0 Å². The molecule has 1 amide bonds. The zero-order valence-corrected chi connectivity index (χ0v) is 13.5. The highest BCUT2D eigenvalue weighted by atomic mass is 16.1. The van der Waals surface area contributed by atoms with Crippen molar-refractivity contribution < 1.29 is 4.79 Å². The minimum Gasteiger partial charge on any atom is -0.370 e. The van der Waals surface area contributed by atoms with E-state index in [9.17, 15) is 4.79 Å². The van der Waals surface area contributed by atoms with E-state index in [1.54, 1.807) is 7.05 Å². The predicted octanol–water partition coefficient (Wildman–Crippen LogP) is 0.354. The topological polar surface area (TPSA) is 88.5 Å². The average Bonchev–Trinajstić information content (AvgIpc) is 2.89. The molecule has 3 N–H and O–H groups in total. The summed E-state index contributed by atoms with van der Waals surface area (Å²) < 4.78 is 1.92. The molecule has 1 aliphatic rings. The summed E-state index contributed by atoms with van der Waals surface area (Å²) in [5.41, 5.74) is 6.47. The zero-order valence-electron chi connectivity index (χ0n) is 13.5. The molecule has 0 spiro atoms. The number of amides is 1. The third-order valence-electron chi connectivity index (χ3n) is 3.91. The van der Waals surface area contributed by atoms with Crippen LogP contribution in [0, 0.1) is 12.8 Å². The number of carbonyl (C=O) groups excluding carboxylic acids is 1. The summed E-state index contributed by atoms with van der Waals surface area (Å²) in [7, 11) is 1.79. The van der Waals surface area contributed by atoms with Crippen LogP contribution < -0.4 is 11.1 Å². The molecular weight excluding hydrogens is 280 g/mol. The van der Waals surface area contributed by atoms with Gasteiger partial charge >= 0.3 is 0 Å². The fourth-order valence-electron chi connectivity index (χ4n) is 2.91. The molecule has 22 heavy (non-hydrogen) atoms. The highest BCUT2D eigenvalue weighted by Crippen LogP contribution is 2.19. The molecule has 1 aromatic rings. The first kappa shape index (κ1) is 16.3. The van der Waals surface area contributed by atoms with Crippen molar-refractivity contribution in [3.05, 3.63) is 18.0 Å². The van der Waals surface area contributed by atoms with Gasteiger partial charge in [0.1, 0.15) is 0 Å². The standard InChI is InChI=1S/C15H26N6O/c1-12-9-19-21(10-12)7-5-18-15(17-2)20-6-3-4-13(11-20)8-14(16)22/h9-10,13H,3-8,11H2,1-2H3,(H2,16,22)(H,17,18). The molecule has 122 valence electrons. The van der Waals surface area contributed by atoms with Crippen LogP contribution in [0.3, 0.4) is 0 Å². The van der Waals surface area contributed by atoms with Gasteiger partial charge < -0.3 is 16.0 Å². The number of piperidine rings is 1. The number of nitrogens with two attached hydrogens (primary N) is 1. The molecule has 2 rings (SSSR count). The minimum atomic E-state index is -0.219. The van der Waals surface area contributed by atoms with Crippen molar-refractivity contribution in [3.63, 3.8) is 0 Å². The number of nitrogens with zero attached hydrogens (tertiary/aromatic N) is 4. The van der Waals surface area contributed by atoms with Crippen molar-refractivity contribution in [1.82, 2.24) is 20.0 Å². The van der Waals surface area contributed by atoms with E-state index < -0.39 is 0 Å². The highest BCUT2D eigenvalue weighted by molar-refractivity contribution is 5.80. The normalized spacial score (nSPS) is 19.3. The summed E-state index contributed by atoms with van der Waals surface area (Å²) in [6, 6.07) is 0. The number of carbonyl (C=O) groups is 1. The molecule has 1 aliphatic heterocycles. The Hall–Kier alpha value is -2.05. The molecule has 0 aliphatic carbocycles. The third kappa shape index (κ3) is 4.75. The molecule has 7 nitrogen and oxygen atoms in total. The Labute approximate surface area is 131 Å². The number of guanidine groups is 1. The first-order chi connectivity index (χ1) is 10.6. The minimum absolute atomic E-state index is 0.219. The Balaban J connectivity index is 1.81. The Morgan fingerprint density at radius 1 is 1.59 bits per heavy atom. The molecule has 2 heterocycles. The highest BCUT2D eigenvalue weighted by Gasteiger charge is 2.23. The first-order valence-corrected chi connectivity index (χ1v) is 7.81. The second-order valence-electron chi connectivity index (χ2n) is 5.88. The molecule has 0 bridgehead atoms. The van der Waals surface area contributed by atoms with Gasteiger partial charge in [-0.25, -0.2) is 0 Å². The lowest BCUT2D eigenvalue weighted by Crippen LogP contribution is -2.47. The molecule has 0 aromatic carbocycles. The lowest BCUT2D eigenvalue weighted by Gasteiger charge is -2.34. The maximum absolute atomic E-state index is 11.1. The fraction of sp³-hybridized carbons (Fsp3) is 0.667. The number of aliphatic imine (C=N–C) groups is 1. The van der Waals surface area contributed by atoms with Gasteiger partial charge in [-0.05, 0) is 31.2 Å². The average molecular weight is 306 g/mol. The van der Waals surface area contributed by atoms with Crippen LogP contribution in [0.1, 0.15) is 24.8 Å². The van der Waals surface area contributed by atoms with Gasteiger partial charge in [0, 0.05) is 39.3 Å². The maximum Gasteiger partial charge on any atom is 0.217 e. The lowest BCUT2D eigenvalue weighted by atomic mass is 9.95. The van der Waals surface area contributed by atoms with Gasteiger partial charge in [-0.2, -0.15) is 5.10 Å². The molecule has 0 saturated carbocycles. The SMILES string of the molecule is CN=C(NCCn1cc(C)cn1)N1CCCC(CC(N)=O)C1. The van der Waals surface area contributed by atoms with Crippen LogP contribution >= 0.6 is 0 Å². The largest absolute Gasteiger partial charge is 0.370 e. The molecule has 1 atom stereocenters. The van der Waals surface area contributed by atoms with Crippen LogP contribution in [-0.4, -0.2) is 53.2 Å². The van der Waals surface area contributed by atoms with E-state index in [0.29, 0.717) is 12.3 Å². The van der Waals surface area contributed by atoms with Gasteiger partial charge in [0.05, 0.1) is 12.7 Å². The number of rotatable bonds is 5. The van der Waals surface area contributed by atoms with Crippen LogP contribution in [-0.2, 0) is 11.3 Å². The van der Waals surface area contributed by atoms with Gasteiger partial charge in [-0.3, -0.25) is 14.5 Å². The molecule has 1 unspecified atom stereocenters. The van der Waals surface area contributed by atoms with Crippen LogP contribution in [0.15, 0.2) is 17.4 Å². The quantitative estimate of drug-likeness (QED) is 0.607. The Bertz CT molecular complexity index is 524. The van der Waals surface area contributed by atoms with Crippen molar-refractivity contribution in [2.45, 2.75) is 32.7 Å². The molecule has 1 aromatic heterocycles.